The number of nitrogens with zero attached hydrogens (tertiary/aromatic N) is 3. The van der Waals surface area contributed by atoms with Gasteiger partial charge in [-0.15, -0.1) is 5.10 Å². The summed E-state index contributed by atoms with van der Waals surface area (Å²) >= 11 is 0. The molecule has 15 heavy (non-hydrogen) atoms. The zero-order valence-electron chi connectivity index (χ0n) is 9.65. The molecular formula is C10H17N3O2. The van der Waals surface area contributed by atoms with Crippen LogP contribution >= 0.6 is 0 Å². The first kappa shape index (κ1) is 11.7. The van der Waals surface area contributed by atoms with E-state index in [1.165, 1.54) is 7.11 Å². The van der Waals surface area contributed by atoms with E-state index in [-0.39, 0.29) is 5.97 Å². The number of esters is 1. The third-order valence-corrected chi connectivity index (χ3v) is 2.24. The number of hydrogen-bond donors (Lipinski definition) is 0. The first-order valence-corrected chi connectivity index (χ1v) is 4.97. The van der Waals surface area contributed by atoms with E-state index >= 15 is 0 Å². The summed E-state index contributed by atoms with van der Waals surface area (Å²) in [7, 11) is 1.39. The molecule has 0 N–H and O–H groups in total. The zero-order chi connectivity index (χ0) is 11.5. The molecule has 0 aliphatic heterocycles. The average Bonchev–Trinajstić information content (AvgIpc) is 2.63. The molecule has 1 aromatic rings. The maximum Gasteiger partial charge on any atom is 0.313 e. The van der Waals surface area contributed by atoms with Crippen molar-refractivity contribution in [2.45, 2.75) is 33.7 Å². The van der Waals surface area contributed by atoms with Crippen LogP contribution in [0.1, 0.15) is 26.5 Å². The highest BCUT2D eigenvalue weighted by Crippen LogP contribution is 2.19. The molecule has 0 atom stereocenters. The van der Waals surface area contributed by atoms with Crippen molar-refractivity contribution in [2.24, 2.45) is 5.41 Å². The summed E-state index contributed by atoms with van der Waals surface area (Å²) in [4.78, 5) is 11.4. The van der Waals surface area contributed by atoms with Crippen LogP contribution < -0.4 is 0 Å². The standard InChI is InChI=1S/C10H17N3O2/c1-5-8-6-13(12-11-8)7-10(2,3)9(14)15-4/h6H,5,7H2,1-4H3. The first-order valence-electron chi connectivity index (χ1n) is 4.97. The second-order valence-electron chi connectivity index (χ2n) is 4.14. The Kier molecular flexibility index (Phi) is 3.44. The van der Waals surface area contributed by atoms with Crippen molar-refractivity contribution < 1.29 is 9.53 Å². The van der Waals surface area contributed by atoms with E-state index in [0.717, 1.165) is 12.1 Å². The lowest BCUT2D eigenvalue weighted by Gasteiger charge is -2.20. The monoisotopic (exact) mass is 211 g/mol. The number of rotatable bonds is 4. The van der Waals surface area contributed by atoms with Crippen LogP contribution in [0.5, 0.6) is 0 Å². The Morgan fingerprint density at radius 1 is 1.60 bits per heavy atom. The molecule has 0 saturated heterocycles. The van der Waals surface area contributed by atoms with Crippen LogP contribution in [0.3, 0.4) is 0 Å². The van der Waals surface area contributed by atoms with E-state index in [1.807, 2.05) is 27.0 Å². The van der Waals surface area contributed by atoms with Crippen LogP contribution in [0.4, 0.5) is 0 Å². The third kappa shape index (κ3) is 2.78. The largest absolute Gasteiger partial charge is 0.469 e. The van der Waals surface area contributed by atoms with Crippen molar-refractivity contribution in [1.29, 1.82) is 0 Å². The van der Waals surface area contributed by atoms with Crippen molar-refractivity contribution in [1.82, 2.24) is 15.0 Å². The highest BCUT2D eigenvalue weighted by Gasteiger charge is 2.29. The molecule has 0 fully saturated rings. The Hall–Kier alpha value is -1.39. The molecule has 5 nitrogen and oxygen atoms in total. The number of methoxy groups -OCH3 is 1. The van der Waals surface area contributed by atoms with E-state index in [1.54, 1.807) is 4.68 Å². The van der Waals surface area contributed by atoms with Gasteiger partial charge in [-0.1, -0.05) is 12.1 Å². The molecular weight excluding hydrogens is 194 g/mol. The van der Waals surface area contributed by atoms with Gasteiger partial charge in [0.2, 0.25) is 0 Å². The van der Waals surface area contributed by atoms with Gasteiger partial charge in [0.15, 0.2) is 0 Å². The molecule has 5 heteroatoms. The van der Waals surface area contributed by atoms with Gasteiger partial charge in [-0.05, 0) is 20.3 Å². The molecule has 0 saturated carbocycles. The van der Waals surface area contributed by atoms with Crippen LogP contribution in [-0.2, 0) is 22.5 Å². The molecule has 1 heterocycles. The topological polar surface area (TPSA) is 57.0 Å². The molecule has 0 aliphatic rings. The number of carbonyl (C=O) groups excluding carboxylic acids is 1. The average molecular weight is 211 g/mol. The van der Waals surface area contributed by atoms with Gasteiger partial charge in [-0.3, -0.25) is 9.48 Å². The summed E-state index contributed by atoms with van der Waals surface area (Å²) in [6.07, 6.45) is 2.70. The molecule has 84 valence electrons. The van der Waals surface area contributed by atoms with E-state index < -0.39 is 5.41 Å². The number of carbonyl (C=O) groups is 1. The number of aryl methyl sites for hydroxylation is 1. The summed E-state index contributed by atoms with van der Waals surface area (Å²) in [6, 6.07) is 0. The molecule has 0 spiro atoms. The van der Waals surface area contributed by atoms with Crippen molar-refractivity contribution >= 4 is 5.97 Å². The van der Waals surface area contributed by atoms with Gasteiger partial charge in [0.25, 0.3) is 0 Å². The van der Waals surface area contributed by atoms with Gasteiger partial charge in [0.1, 0.15) is 0 Å². The van der Waals surface area contributed by atoms with Crippen LogP contribution in [0.15, 0.2) is 6.20 Å². The van der Waals surface area contributed by atoms with Gasteiger partial charge in [-0.25, -0.2) is 0 Å². The van der Waals surface area contributed by atoms with Crippen LogP contribution in [0.2, 0.25) is 0 Å². The number of hydrogen-bond acceptors (Lipinski definition) is 4. The zero-order valence-corrected chi connectivity index (χ0v) is 9.65. The van der Waals surface area contributed by atoms with Crippen LogP contribution in [-0.4, -0.2) is 28.1 Å². The van der Waals surface area contributed by atoms with Crippen LogP contribution in [0, 0.1) is 5.41 Å². The van der Waals surface area contributed by atoms with Gasteiger partial charge in [0.05, 0.1) is 24.8 Å². The summed E-state index contributed by atoms with van der Waals surface area (Å²) < 4.78 is 6.40. The van der Waals surface area contributed by atoms with Gasteiger partial charge < -0.3 is 4.74 Å². The second kappa shape index (κ2) is 4.42. The lowest BCUT2D eigenvalue weighted by molar-refractivity contribution is -0.151. The Morgan fingerprint density at radius 3 is 2.73 bits per heavy atom. The molecule has 1 aromatic heterocycles. The fraction of sp³-hybridized carbons (Fsp3) is 0.700. The number of ether oxygens (including phenoxy) is 1. The van der Waals surface area contributed by atoms with E-state index in [2.05, 4.69) is 10.3 Å². The molecule has 1 rings (SSSR count). The third-order valence-electron chi connectivity index (χ3n) is 2.24. The maximum absolute atomic E-state index is 11.4. The number of aromatic nitrogens is 3. The lowest BCUT2D eigenvalue weighted by Crippen LogP contribution is -2.30. The van der Waals surface area contributed by atoms with Crippen molar-refractivity contribution in [3.8, 4) is 0 Å². The lowest BCUT2D eigenvalue weighted by atomic mass is 9.94. The first-order chi connectivity index (χ1) is 6.99. The molecule has 0 amide bonds. The van der Waals surface area contributed by atoms with Gasteiger partial charge in [-0.2, -0.15) is 0 Å². The van der Waals surface area contributed by atoms with Crippen molar-refractivity contribution in [3.63, 3.8) is 0 Å². The SMILES string of the molecule is CCc1cn(CC(C)(C)C(=O)OC)nn1. The highest BCUT2D eigenvalue weighted by atomic mass is 16.5. The smallest absolute Gasteiger partial charge is 0.313 e. The summed E-state index contributed by atoms with van der Waals surface area (Å²) in [5, 5.41) is 7.91. The van der Waals surface area contributed by atoms with Gasteiger partial charge in [0, 0.05) is 6.20 Å². The summed E-state index contributed by atoms with van der Waals surface area (Å²) in [6.45, 7) is 6.14. The molecule has 0 unspecified atom stereocenters. The van der Waals surface area contributed by atoms with E-state index in [0.29, 0.717) is 6.54 Å². The van der Waals surface area contributed by atoms with Crippen molar-refractivity contribution in [3.05, 3.63) is 11.9 Å². The summed E-state index contributed by atoms with van der Waals surface area (Å²) in [5.41, 5.74) is 0.351. The Balaban J connectivity index is 2.72. The maximum atomic E-state index is 11.4. The predicted octanol–water partition coefficient (Wildman–Crippen LogP) is 1.04. The minimum absolute atomic E-state index is 0.240. The minimum Gasteiger partial charge on any atom is -0.469 e. The molecule has 0 radical (unpaired) electrons. The minimum atomic E-state index is -0.576. The second-order valence-corrected chi connectivity index (χ2v) is 4.14. The van der Waals surface area contributed by atoms with E-state index in [9.17, 15) is 4.79 Å². The summed E-state index contributed by atoms with van der Waals surface area (Å²) in [5.74, 6) is -0.240. The molecule has 0 bridgehead atoms. The fourth-order valence-electron chi connectivity index (χ4n) is 1.32. The Morgan fingerprint density at radius 2 is 2.27 bits per heavy atom. The Bertz CT molecular complexity index is 344. The molecule has 0 aliphatic carbocycles. The Labute approximate surface area is 89.4 Å². The fourth-order valence-corrected chi connectivity index (χ4v) is 1.32. The predicted molar refractivity (Wildman–Crippen MR) is 55.2 cm³/mol. The highest BCUT2D eigenvalue weighted by molar-refractivity contribution is 5.75. The van der Waals surface area contributed by atoms with Crippen LogP contribution in [0.25, 0.3) is 0 Å². The quantitative estimate of drug-likeness (QED) is 0.698. The van der Waals surface area contributed by atoms with Crippen molar-refractivity contribution in [2.75, 3.05) is 7.11 Å². The molecule has 0 aromatic carbocycles. The van der Waals surface area contributed by atoms with E-state index in [4.69, 9.17) is 4.74 Å². The normalized spacial score (nSPS) is 11.5. The van der Waals surface area contributed by atoms with Gasteiger partial charge >= 0.3 is 5.97 Å².